The van der Waals surface area contributed by atoms with Gasteiger partial charge in [0, 0.05) is 25.7 Å². The Kier molecular flexibility index (Phi) is 4.35. The van der Waals surface area contributed by atoms with Crippen molar-refractivity contribution in [3.8, 4) is 0 Å². The molecule has 4 atom stereocenters. The molecule has 2 fully saturated rings. The minimum absolute atomic E-state index is 0.312. The maximum Gasteiger partial charge on any atom is 0.0678 e. The van der Waals surface area contributed by atoms with Crippen molar-refractivity contribution >= 4 is 0 Å². The number of hydrogen-bond acceptors (Lipinski definition) is 3. The molecule has 18 heavy (non-hydrogen) atoms. The van der Waals surface area contributed by atoms with E-state index in [2.05, 4.69) is 32.6 Å². The molecule has 3 nitrogen and oxygen atoms in total. The standard InChI is InChI=1S/C15H30N2O/c1-11-8-17(9-12(2)18-11)10-13-6-5-7-15(3,4)14(13)16/h11-14H,5-10,16H2,1-4H3/t11-,12+,13?,14?. The Bertz CT molecular complexity index is 270. The SMILES string of the molecule is C[C@@H]1CN(CC2CCCC(C)(C)C2N)C[C@H](C)O1. The Morgan fingerprint density at radius 3 is 2.44 bits per heavy atom. The van der Waals surface area contributed by atoms with Crippen LogP contribution >= 0.6 is 0 Å². The monoisotopic (exact) mass is 254 g/mol. The summed E-state index contributed by atoms with van der Waals surface area (Å²) >= 11 is 0. The minimum Gasteiger partial charge on any atom is -0.373 e. The molecule has 2 unspecified atom stereocenters. The molecule has 0 aromatic rings. The summed E-state index contributed by atoms with van der Waals surface area (Å²) in [6, 6.07) is 0.347. The predicted octanol–water partition coefficient (Wildman–Crippen LogP) is 2.25. The first-order valence-electron chi connectivity index (χ1n) is 7.52. The summed E-state index contributed by atoms with van der Waals surface area (Å²) < 4.78 is 5.80. The fraction of sp³-hybridized carbons (Fsp3) is 1.00. The van der Waals surface area contributed by atoms with Gasteiger partial charge in [-0.2, -0.15) is 0 Å². The molecule has 3 heteroatoms. The van der Waals surface area contributed by atoms with Gasteiger partial charge in [0.2, 0.25) is 0 Å². The van der Waals surface area contributed by atoms with E-state index in [4.69, 9.17) is 10.5 Å². The highest BCUT2D eigenvalue weighted by Gasteiger charge is 2.37. The van der Waals surface area contributed by atoms with Crippen LogP contribution in [0.15, 0.2) is 0 Å². The second-order valence-electron chi connectivity index (χ2n) is 7.14. The van der Waals surface area contributed by atoms with Crippen molar-refractivity contribution in [2.45, 2.75) is 65.2 Å². The lowest BCUT2D eigenvalue weighted by Gasteiger charge is -2.45. The first-order valence-corrected chi connectivity index (χ1v) is 7.52. The molecule has 1 heterocycles. The van der Waals surface area contributed by atoms with Crippen LogP contribution in [-0.4, -0.2) is 42.8 Å². The molecular formula is C15H30N2O. The summed E-state index contributed by atoms with van der Waals surface area (Å²) in [4.78, 5) is 2.56. The van der Waals surface area contributed by atoms with Gasteiger partial charge in [0.25, 0.3) is 0 Å². The Morgan fingerprint density at radius 2 is 1.83 bits per heavy atom. The molecular weight excluding hydrogens is 224 g/mol. The lowest BCUT2D eigenvalue weighted by molar-refractivity contribution is -0.0752. The van der Waals surface area contributed by atoms with Crippen LogP contribution in [0.5, 0.6) is 0 Å². The van der Waals surface area contributed by atoms with E-state index in [1.807, 2.05) is 0 Å². The third-order valence-electron chi connectivity index (χ3n) is 4.79. The van der Waals surface area contributed by atoms with Crippen molar-refractivity contribution in [2.24, 2.45) is 17.1 Å². The molecule has 2 aliphatic rings. The lowest BCUT2D eigenvalue weighted by Crippen LogP contribution is -2.53. The number of rotatable bonds is 2. The number of hydrogen-bond donors (Lipinski definition) is 1. The van der Waals surface area contributed by atoms with Crippen LogP contribution in [-0.2, 0) is 4.74 Å². The van der Waals surface area contributed by atoms with Crippen molar-refractivity contribution in [3.05, 3.63) is 0 Å². The topological polar surface area (TPSA) is 38.5 Å². The summed E-state index contributed by atoms with van der Waals surface area (Å²) in [6.45, 7) is 12.3. The van der Waals surface area contributed by atoms with Crippen LogP contribution in [0, 0.1) is 11.3 Å². The van der Waals surface area contributed by atoms with Crippen LogP contribution in [0.3, 0.4) is 0 Å². The highest BCUT2D eigenvalue weighted by molar-refractivity contribution is 4.93. The molecule has 0 bridgehead atoms. The van der Waals surface area contributed by atoms with Crippen molar-refractivity contribution in [3.63, 3.8) is 0 Å². The van der Waals surface area contributed by atoms with E-state index in [-0.39, 0.29) is 0 Å². The van der Waals surface area contributed by atoms with E-state index in [9.17, 15) is 0 Å². The van der Waals surface area contributed by atoms with Crippen molar-refractivity contribution < 1.29 is 4.74 Å². The number of ether oxygens (including phenoxy) is 1. The number of morpholine rings is 1. The Hall–Kier alpha value is -0.120. The molecule has 1 aliphatic heterocycles. The summed E-state index contributed by atoms with van der Waals surface area (Å²) in [7, 11) is 0. The highest BCUT2D eigenvalue weighted by Crippen LogP contribution is 2.38. The normalized spacial score (nSPS) is 41.8. The van der Waals surface area contributed by atoms with Crippen LogP contribution in [0.1, 0.15) is 47.0 Å². The Labute approximate surface area is 112 Å². The predicted molar refractivity (Wildman–Crippen MR) is 75.5 cm³/mol. The fourth-order valence-corrected chi connectivity index (χ4v) is 3.77. The number of nitrogens with zero attached hydrogens (tertiary/aromatic N) is 1. The van der Waals surface area contributed by atoms with Crippen LogP contribution in [0.25, 0.3) is 0 Å². The quantitative estimate of drug-likeness (QED) is 0.821. The molecule has 0 aromatic heterocycles. The minimum atomic E-state index is 0.312. The average molecular weight is 254 g/mol. The van der Waals surface area contributed by atoms with Crippen LogP contribution < -0.4 is 5.73 Å². The van der Waals surface area contributed by atoms with Gasteiger partial charge in [0.05, 0.1) is 12.2 Å². The van der Waals surface area contributed by atoms with Crippen molar-refractivity contribution in [1.82, 2.24) is 4.90 Å². The molecule has 1 saturated carbocycles. The molecule has 106 valence electrons. The largest absolute Gasteiger partial charge is 0.373 e. The molecule has 2 N–H and O–H groups in total. The van der Waals surface area contributed by atoms with Crippen molar-refractivity contribution in [2.75, 3.05) is 19.6 Å². The van der Waals surface area contributed by atoms with Crippen LogP contribution in [0.2, 0.25) is 0 Å². The maximum absolute atomic E-state index is 6.49. The molecule has 1 saturated heterocycles. The summed E-state index contributed by atoms with van der Waals surface area (Å²) in [6.07, 6.45) is 4.63. The molecule has 0 spiro atoms. The molecule has 2 rings (SSSR count). The second kappa shape index (κ2) is 5.48. The van der Waals surface area contributed by atoms with E-state index in [1.165, 1.54) is 19.3 Å². The van der Waals surface area contributed by atoms with Gasteiger partial charge in [-0.3, -0.25) is 4.90 Å². The highest BCUT2D eigenvalue weighted by atomic mass is 16.5. The van der Waals surface area contributed by atoms with E-state index in [0.717, 1.165) is 19.6 Å². The van der Waals surface area contributed by atoms with E-state index in [0.29, 0.717) is 29.6 Å². The fourth-order valence-electron chi connectivity index (χ4n) is 3.77. The zero-order chi connectivity index (χ0) is 13.3. The maximum atomic E-state index is 6.49. The summed E-state index contributed by atoms with van der Waals surface area (Å²) in [5.74, 6) is 0.659. The van der Waals surface area contributed by atoms with Crippen molar-refractivity contribution in [1.29, 1.82) is 0 Å². The summed E-state index contributed by atoms with van der Waals surface area (Å²) in [5, 5.41) is 0. The van der Waals surface area contributed by atoms with Gasteiger partial charge in [-0.25, -0.2) is 0 Å². The van der Waals surface area contributed by atoms with E-state index < -0.39 is 0 Å². The van der Waals surface area contributed by atoms with Gasteiger partial charge in [-0.15, -0.1) is 0 Å². The lowest BCUT2D eigenvalue weighted by atomic mass is 9.68. The summed E-state index contributed by atoms with van der Waals surface area (Å²) in [5.41, 5.74) is 6.80. The van der Waals surface area contributed by atoms with Gasteiger partial charge < -0.3 is 10.5 Å². The van der Waals surface area contributed by atoms with E-state index in [1.54, 1.807) is 0 Å². The van der Waals surface area contributed by atoms with Crippen LogP contribution in [0.4, 0.5) is 0 Å². The first-order chi connectivity index (χ1) is 8.38. The van der Waals surface area contributed by atoms with E-state index >= 15 is 0 Å². The molecule has 0 amide bonds. The zero-order valence-electron chi connectivity index (χ0n) is 12.5. The smallest absolute Gasteiger partial charge is 0.0678 e. The first kappa shape index (κ1) is 14.3. The van der Waals surface area contributed by atoms with Gasteiger partial charge in [-0.05, 0) is 38.0 Å². The zero-order valence-corrected chi connectivity index (χ0v) is 12.5. The average Bonchev–Trinajstić information content (AvgIpc) is 2.23. The number of nitrogens with two attached hydrogens (primary N) is 1. The third-order valence-corrected chi connectivity index (χ3v) is 4.79. The second-order valence-corrected chi connectivity index (χ2v) is 7.14. The van der Waals surface area contributed by atoms with Gasteiger partial charge in [0.15, 0.2) is 0 Å². The molecule has 0 radical (unpaired) electrons. The molecule has 1 aliphatic carbocycles. The van der Waals surface area contributed by atoms with Gasteiger partial charge >= 0.3 is 0 Å². The third kappa shape index (κ3) is 3.25. The van der Waals surface area contributed by atoms with Gasteiger partial charge in [0.1, 0.15) is 0 Å². The molecule has 0 aromatic carbocycles. The Balaban J connectivity index is 1.92. The van der Waals surface area contributed by atoms with Gasteiger partial charge in [-0.1, -0.05) is 20.3 Å². The Morgan fingerprint density at radius 1 is 1.22 bits per heavy atom.